The Morgan fingerprint density at radius 2 is 1.60 bits per heavy atom. The Kier molecular flexibility index (Phi) is 8.54. The summed E-state index contributed by atoms with van der Waals surface area (Å²) in [6, 6.07) is 26.6. The number of hydrogen-bond donors (Lipinski definition) is 2. The van der Waals surface area contributed by atoms with E-state index in [0.29, 0.717) is 12.3 Å². The first-order chi connectivity index (χ1) is 17.1. The number of phenols is 1. The monoisotopic (exact) mass is 471 g/mol. The molecule has 0 saturated carbocycles. The molecular weight excluding hydrogens is 438 g/mol. The molecule has 6 nitrogen and oxygen atoms in total. The highest BCUT2D eigenvalue weighted by Gasteiger charge is 2.26. The van der Waals surface area contributed by atoms with Gasteiger partial charge in [0.05, 0.1) is 13.2 Å². The molecule has 1 fully saturated rings. The van der Waals surface area contributed by atoms with E-state index < -0.39 is 0 Å². The fraction of sp³-hybridized carbons (Fsp3) is 0.276. The molecule has 0 bridgehead atoms. The summed E-state index contributed by atoms with van der Waals surface area (Å²) >= 11 is 0. The van der Waals surface area contributed by atoms with Crippen LogP contribution in [-0.2, 0) is 4.79 Å². The van der Waals surface area contributed by atoms with Gasteiger partial charge in [0.1, 0.15) is 0 Å². The van der Waals surface area contributed by atoms with E-state index in [1.807, 2.05) is 0 Å². The third kappa shape index (κ3) is 6.72. The first-order valence-electron chi connectivity index (χ1n) is 12.0. The fourth-order valence-corrected chi connectivity index (χ4v) is 4.50. The van der Waals surface area contributed by atoms with Crippen molar-refractivity contribution in [3.63, 3.8) is 0 Å². The molecule has 0 spiro atoms. The van der Waals surface area contributed by atoms with E-state index in [1.165, 1.54) is 24.3 Å². The Morgan fingerprint density at radius 1 is 0.971 bits per heavy atom. The van der Waals surface area contributed by atoms with Gasteiger partial charge in [0.2, 0.25) is 5.91 Å². The zero-order valence-electron chi connectivity index (χ0n) is 20.1. The van der Waals surface area contributed by atoms with E-state index >= 15 is 0 Å². The molecule has 3 aromatic carbocycles. The first kappa shape index (κ1) is 24.5. The van der Waals surface area contributed by atoms with Gasteiger partial charge in [-0.25, -0.2) is 0 Å². The van der Waals surface area contributed by atoms with Gasteiger partial charge in [-0.05, 0) is 34.9 Å². The molecule has 0 aliphatic carbocycles. The summed E-state index contributed by atoms with van der Waals surface area (Å²) in [5.41, 5.74) is 3.42. The second-order valence-electron chi connectivity index (χ2n) is 8.66. The molecule has 0 aromatic heterocycles. The fourth-order valence-electron chi connectivity index (χ4n) is 4.50. The van der Waals surface area contributed by atoms with Gasteiger partial charge in [0.15, 0.2) is 11.5 Å². The third-order valence-electron chi connectivity index (χ3n) is 6.36. The minimum Gasteiger partial charge on any atom is -0.504 e. The highest BCUT2D eigenvalue weighted by atomic mass is 16.5. The summed E-state index contributed by atoms with van der Waals surface area (Å²) in [4.78, 5) is 17.2. The number of carbonyl (C=O) groups is 1. The Bertz CT molecular complexity index is 1070. The minimum absolute atomic E-state index is 0.0769. The smallest absolute Gasteiger partial charge is 0.244 e. The molecule has 6 heteroatoms. The van der Waals surface area contributed by atoms with Crippen LogP contribution in [0, 0.1) is 0 Å². The van der Waals surface area contributed by atoms with Crippen LogP contribution >= 0.6 is 0 Å². The van der Waals surface area contributed by atoms with Crippen LogP contribution in [0.2, 0.25) is 0 Å². The molecule has 1 aliphatic heterocycles. The van der Waals surface area contributed by atoms with Crippen LogP contribution in [0.4, 0.5) is 0 Å². The van der Waals surface area contributed by atoms with Crippen molar-refractivity contribution >= 4 is 12.0 Å². The molecule has 182 valence electrons. The van der Waals surface area contributed by atoms with Crippen LogP contribution in [0.5, 0.6) is 11.5 Å². The maximum Gasteiger partial charge on any atom is 0.244 e. The summed E-state index contributed by atoms with van der Waals surface area (Å²) in [5, 5.41) is 12.6. The summed E-state index contributed by atoms with van der Waals surface area (Å²) in [7, 11) is 1.50. The van der Waals surface area contributed by atoms with Crippen molar-refractivity contribution in [3.05, 3.63) is 102 Å². The zero-order chi connectivity index (χ0) is 24.5. The van der Waals surface area contributed by atoms with Gasteiger partial charge in [-0.15, -0.1) is 0 Å². The van der Waals surface area contributed by atoms with Gasteiger partial charge < -0.3 is 15.2 Å². The van der Waals surface area contributed by atoms with Crippen LogP contribution in [0.1, 0.15) is 22.7 Å². The summed E-state index contributed by atoms with van der Waals surface area (Å²) in [6.07, 6.45) is 3.22. The molecule has 4 rings (SSSR count). The van der Waals surface area contributed by atoms with Crippen molar-refractivity contribution in [1.29, 1.82) is 0 Å². The molecule has 35 heavy (non-hydrogen) atoms. The van der Waals surface area contributed by atoms with Crippen molar-refractivity contribution in [2.24, 2.45) is 0 Å². The Balaban J connectivity index is 1.25. The lowest BCUT2D eigenvalue weighted by atomic mass is 9.96. The van der Waals surface area contributed by atoms with E-state index in [1.54, 1.807) is 24.3 Å². The summed E-state index contributed by atoms with van der Waals surface area (Å²) in [6.45, 7) is 5.31. The van der Waals surface area contributed by atoms with Crippen molar-refractivity contribution in [3.8, 4) is 11.5 Å². The van der Waals surface area contributed by atoms with E-state index in [-0.39, 0.29) is 17.7 Å². The minimum atomic E-state index is -0.135. The van der Waals surface area contributed by atoms with Crippen molar-refractivity contribution < 1.29 is 14.6 Å². The number of aromatic hydroxyl groups is 1. The SMILES string of the molecule is COc1cc(C=CC(=O)NCCN2CCN(C(c3ccccc3)c3ccccc3)CC2)ccc1O. The van der Waals surface area contributed by atoms with E-state index in [4.69, 9.17) is 4.74 Å². The number of hydrogen-bond acceptors (Lipinski definition) is 5. The Labute approximate surface area is 207 Å². The molecule has 0 atom stereocenters. The number of benzene rings is 3. The number of phenolic OH excluding ortho intramolecular Hbond substituents is 1. The highest BCUT2D eigenvalue weighted by molar-refractivity contribution is 5.91. The number of piperazine rings is 1. The molecule has 1 aliphatic rings. The first-order valence-corrected chi connectivity index (χ1v) is 12.0. The van der Waals surface area contributed by atoms with Crippen molar-refractivity contribution in [2.45, 2.75) is 6.04 Å². The molecular formula is C29H33N3O3. The quantitative estimate of drug-likeness (QED) is 0.463. The maximum atomic E-state index is 12.2. The predicted molar refractivity (Wildman–Crippen MR) is 139 cm³/mol. The van der Waals surface area contributed by atoms with Gasteiger partial charge in [0.25, 0.3) is 0 Å². The van der Waals surface area contributed by atoms with Gasteiger partial charge >= 0.3 is 0 Å². The molecule has 0 unspecified atom stereocenters. The summed E-state index contributed by atoms with van der Waals surface area (Å²) in [5.74, 6) is 0.324. The van der Waals surface area contributed by atoms with Crippen molar-refractivity contribution in [1.82, 2.24) is 15.1 Å². The molecule has 1 heterocycles. The van der Waals surface area contributed by atoms with E-state index in [0.717, 1.165) is 38.3 Å². The standard InChI is InChI=1S/C29H33N3O3/c1-35-27-22-23(12-14-26(27)33)13-15-28(34)30-16-17-31-18-20-32(21-19-31)29(24-8-4-2-5-9-24)25-10-6-3-7-11-25/h2-15,22,29,33H,16-21H2,1H3,(H,30,34). The van der Waals surface area contributed by atoms with Crippen LogP contribution in [0.15, 0.2) is 84.9 Å². The second kappa shape index (κ2) is 12.2. The molecule has 1 amide bonds. The number of carbonyl (C=O) groups excluding carboxylic acids is 1. The molecule has 3 aromatic rings. The number of rotatable bonds is 9. The number of ether oxygens (including phenoxy) is 1. The average Bonchev–Trinajstić information content (AvgIpc) is 2.90. The average molecular weight is 472 g/mol. The topological polar surface area (TPSA) is 65.0 Å². The zero-order valence-corrected chi connectivity index (χ0v) is 20.1. The second-order valence-corrected chi connectivity index (χ2v) is 8.66. The Hall–Kier alpha value is -3.61. The number of methoxy groups -OCH3 is 1. The van der Waals surface area contributed by atoms with Crippen LogP contribution in [0.25, 0.3) is 6.08 Å². The maximum absolute atomic E-state index is 12.2. The van der Waals surface area contributed by atoms with Gasteiger partial charge in [0, 0.05) is 45.3 Å². The highest BCUT2D eigenvalue weighted by Crippen LogP contribution is 2.29. The number of amides is 1. The van der Waals surface area contributed by atoms with E-state index in [9.17, 15) is 9.90 Å². The predicted octanol–water partition coefficient (Wildman–Crippen LogP) is 3.94. The van der Waals surface area contributed by atoms with Crippen LogP contribution in [-0.4, -0.2) is 67.2 Å². The lowest BCUT2D eigenvalue weighted by Crippen LogP contribution is -2.49. The molecule has 2 N–H and O–H groups in total. The van der Waals surface area contributed by atoms with Gasteiger partial charge in [-0.1, -0.05) is 66.7 Å². The summed E-state index contributed by atoms with van der Waals surface area (Å²) < 4.78 is 5.10. The van der Waals surface area contributed by atoms with Crippen LogP contribution < -0.4 is 10.1 Å². The third-order valence-corrected chi connectivity index (χ3v) is 6.36. The lowest BCUT2D eigenvalue weighted by molar-refractivity contribution is -0.116. The van der Waals surface area contributed by atoms with Crippen molar-refractivity contribution in [2.75, 3.05) is 46.4 Å². The largest absolute Gasteiger partial charge is 0.504 e. The number of nitrogens with zero attached hydrogens (tertiary/aromatic N) is 2. The van der Waals surface area contributed by atoms with Gasteiger partial charge in [-0.3, -0.25) is 14.6 Å². The number of nitrogens with one attached hydrogen (secondary N) is 1. The van der Waals surface area contributed by atoms with Gasteiger partial charge in [-0.2, -0.15) is 0 Å². The molecule has 0 radical (unpaired) electrons. The van der Waals surface area contributed by atoms with E-state index in [2.05, 4.69) is 75.8 Å². The Morgan fingerprint density at radius 3 is 2.20 bits per heavy atom. The molecule has 1 saturated heterocycles. The van der Waals surface area contributed by atoms with Crippen LogP contribution in [0.3, 0.4) is 0 Å². The lowest BCUT2D eigenvalue weighted by Gasteiger charge is -2.39. The normalized spacial score (nSPS) is 14.9.